The van der Waals surface area contributed by atoms with Crippen molar-refractivity contribution in [2.75, 3.05) is 23.7 Å². The van der Waals surface area contributed by atoms with Crippen LogP contribution in [-0.4, -0.2) is 30.2 Å². The summed E-state index contributed by atoms with van der Waals surface area (Å²) in [4.78, 5) is 13.4. The van der Waals surface area contributed by atoms with Crippen molar-refractivity contribution < 1.29 is 9.90 Å². The Balaban J connectivity index is 2.39. The first-order valence-electron chi connectivity index (χ1n) is 5.81. The molecule has 5 N–H and O–H groups in total. The van der Waals surface area contributed by atoms with Gasteiger partial charge in [0.15, 0.2) is 0 Å². The molecular weight excluding hydrogens is 254 g/mol. The minimum Gasteiger partial charge on any atom is -0.399 e. The van der Waals surface area contributed by atoms with Crippen LogP contribution in [0.4, 0.5) is 11.4 Å². The Morgan fingerprint density at radius 3 is 2.56 bits per heavy atom. The number of anilines is 2. The summed E-state index contributed by atoms with van der Waals surface area (Å²) in [5, 5.41) is 9.91. The van der Waals surface area contributed by atoms with E-state index in [0.29, 0.717) is 47.9 Å². The van der Waals surface area contributed by atoms with Crippen molar-refractivity contribution in [2.45, 2.75) is 18.9 Å². The summed E-state index contributed by atoms with van der Waals surface area (Å²) < 4.78 is 0. The van der Waals surface area contributed by atoms with E-state index >= 15 is 0 Å². The monoisotopic (exact) mass is 269 g/mol. The molecule has 5 nitrogen and oxygen atoms in total. The van der Waals surface area contributed by atoms with E-state index in [-0.39, 0.29) is 6.10 Å². The van der Waals surface area contributed by atoms with Crippen molar-refractivity contribution >= 4 is 28.9 Å². The van der Waals surface area contributed by atoms with Crippen molar-refractivity contribution in [1.82, 2.24) is 0 Å². The van der Waals surface area contributed by atoms with Crippen molar-refractivity contribution in [3.8, 4) is 0 Å². The first-order valence-corrected chi connectivity index (χ1v) is 6.18. The highest BCUT2D eigenvalue weighted by Gasteiger charge is 2.23. The van der Waals surface area contributed by atoms with E-state index in [2.05, 4.69) is 0 Å². The van der Waals surface area contributed by atoms with E-state index in [0.717, 1.165) is 0 Å². The lowest BCUT2D eigenvalue weighted by atomic mass is 10.0. The van der Waals surface area contributed by atoms with Crippen LogP contribution in [0.2, 0.25) is 5.02 Å². The third-order valence-corrected chi connectivity index (χ3v) is 3.42. The van der Waals surface area contributed by atoms with E-state index in [1.807, 2.05) is 4.90 Å². The Morgan fingerprint density at radius 2 is 2.00 bits per heavy atom. The highest BCUT2D eigenvalue weighted by Crippen LogP contribution is 2.34. The minimum absolute atomic E-state index is 0.286. The zero-order valence-corrected chi connectivity index (χ0v) is 10.7. The summed E-state index contributed by atoms with van der Waals surface area (Å²) in [7, 11) is 0. The predicted molar refractivity (Wildman–Crippen MR) is 71.8 cm³/mol. The van der Waals surface area contributed by atoms with Gasteiger partial charge in [0.2, 0.25) is 0 Å². The van der Waals surface area contributed by atoms with Crippen LogP contribution < -0.4 is 16.4 Å². The zero-order valence-electron chi connectivity index (χ0n) is 9.90. The van der Waals surface area contributed by atoms with E-state index < -0.39 is 5.91 Å². The maximum atomic E-state index is 11.5. The van der Waals surface area contributed by atoms with Crippen LogP contribution in [0.5, 0.6) is 0 Å². The summed E-state index contributed by atoms with van der Waals surface area (Å²) in [5.41, 5.74) is 12.4. The Labute approximate surface area is 110 Å². The highest BCUT2D eigenvalue weighted by atomic mass is 35.5. The molecule has 0 aromatic heterocycles. The largest absolute Gasteiger partial charge is 0.399 e. The molecule has 18 heavy (non-hydrogen) atoms. The smallest absolute Gasteiger partial charge is 0.250 e. The first-order chi connectivity index (χ1) is 8.49. The van der Waals surface area contributed by atoms with Crippen LogP contribution in [0.3, 0.4) is 0 Å². The van der Waals surface area contributed by atoms with Gasteiger partial charge in [0.1, 0.15) is 0 Å². The number of carbonyl (C=O) groups is 1. The van der Waals surface area contributed by atoms with E-state index in [9.17, 15) is 9.90 Å². The number of hydrogen-bond donors (Lipinski definition) is 3. The number of hydrogen-bond acceptors (Lipinski definition) is 4. The standard InChI is InChI=1S/C12H16ClN3O2/c13-10-6-7(14)5-9(12(15)18)11(10)16-3-1-8(17)2-4-16/h5-6,8,17H,1-4,14H2,(H2,15,18). The summed E-state index contributed by atoms with van der Waals surface area (Å²) in [6.45, 7) is 1.29. The quantitative estimate of drug-likeness (QED) is 0.698. The van der Waals surface area contributed by atoms with Gasteiger partial charge in [-0.15, -0.1) is 0 Å². The number of rotatable bonds is 2. The van der Waals surface area contributed by atoms with Gasteiger partial charge in [0.05, 0.1) is 22.4 Å². The third-order valence-electron chi connectivity index (χ3n) is 3.13. The van der Waals surface area contributed by atoms with Gasteiger partial charge in [0, 0.05) is 18.8 Å². The number of halogens is 1. The number of nitrogens with zero attached hydrogens (tertiary/aromatic N) is 1. The van der Waals surface area contributed by atoms with E-state index in [4.69, 9.17) is 23.1 Å². The Kier molecular flexibility index (Phi) is 3.63. The molecule has 1 aliphatic heterocycles. The lowest BCUT2D eigenvalue weighted by Crippen LogP contribution is -2.37. The molecule has 1 aromatic rings. The number of amides is 1. The minimum atomic E-state index is -0.551. The van der Waals surface area contributed by atoms with Gasteiger partial charge in [-0.3, -0.25) is 4.79 Å². The maximum absolute atomic E-state index is 11.5. The topological polar surface area (TPSA) is 92.6 Å². The molecule has 6 heteroatoms. The normalized spacial score (nSPS) is 16.9. The van der Waals surface area contributed by atoms with E-state index in [1.54, 1.807) is 6.07 Å². The van der Waals surface area contributed by atoms with Crippen LogP contribution in [0, 0.1) is 0 Å². The Bertz CT molecular complexity index is 471. The van der Waals surface area contributed by atoms with Gasteiger partial charge in [-0.25, -0.2) is 0 Å². The fourth-order valence-corrected chi connectivity index (χ4v) is 2.57. The Morgan fingerprint density at radius 1 is 1.39 bits per heavy atom. The molecule has 1 amide bonds. The molecule has 1 saturated heterocycles. The van der Waals surface area contributed by atoms with Gasteiger partial charge in [-0.05, 0) is 25.0 Å². The fraction of sp³-hybridized carbons (Fsp3) is 0.417. The summed E-state index contributed by atoms with van der Waals surface area (Å²) >= 11 is 6.16. The number of nitrogens with two attached hydrogens (primary N) is 2. The number of benzene rings is 1. The number of aliphatic hydroxyl groups is 1. The van der Waals surface area contributed by atoms with Gasteiger partial charge in [-0.2, -0.15) is 0 Å². The predicted octanol–water partition coefficient (Wildman–Crippen LogP) is 0.982. The molecule has 0 bridgehead atoms. The molecular formula is C12H16ClN3O2. The number of carbonyl (C=O) groups excluding carboxylic acids is 1. The zero-order chi connectivity index (χ0) is 13.3. The first kappa shape index (κ1) is 13.0. The van der Waals surface area contributed by atoms with Crippen molar-refractivity contribution in [2.24, 2.45) is 5.73 Å². The van der Waals surface area contributed by atoms with Crippen LogP contribution in [0.15, 0.2) is 12.1 Å². The average molecular weight is 270 g/mol. The van der Waals surface area contributed by atoms with Crippen LogP contribution in [0.1, 0.15) is 23.2 Å². The fourth-order valence-electron chi connectivity index (χ4n) is 2.22. The van der Waals surface area contributed by atoms with Crippen molar-refractivity contribution in [1.29, 1.82) is 0 Å². The summed E-state index contributed by atoms with van der Waals surface area (Å²) in [6.07, 6.45) is 1.02. The molecule has 1 aromatic carbocycles. The molecule has 0 radical (unpaired) electrons. The molecule has 1 heterocycles. The number of nitrogen functional groups attached to an aromatic ring is 1. The maximum Gasteiger partial charge on any atom is 0.250 e. The molecule has 98 valence electrons. The van der Waals surface area contributed by atoms with Gasteiger partial charge in [-0.1, -0.05) is 11.6 Å². The van der Waals surface area contributed by atoms with E-state index in [1.165, 1.54) is 6.07 Å². The van der Waals surface area contributed by atoms with Crippen LogP contribution in [-0.2, 0) is 0 Å². The lowest BCUT2D eigenvalue weighted by Gasteiger charge is -2.33. The Hall–Kier alpha value is -1.46. The highest BCUT2D eigenvalue weighted by molar-refractivity contribution is 6.34. The number of piperidine rings is 1. The number of primary amides is 1. The van der Waals surface area contributed by atoms with Gasteiger partial charge < -0.3 is 21.5 Å². The van der Waals surface area contributed by atoms with Gasteiger partial charge >= 0.3 is 0 Å². The summed E-state index contributed by atoms with van der Waals surface area (Å²) in [5.74, 6) is -0.551. The molecule has 0 aliphatic carbocycles. The SMILES string of the molecule is NC(=O)c1cc(N)cc(Cl)c1N1CCC(O)CC1. The third kappa shape index (κ3) is 2.52. The molecule has 0 unspecified atom stereocenters. The van der Waals surface area contributed by atoms with Crippen LogP contribution >= 0.6 is 11.6 Å². The van der Waals surface area contributed by atoms with Crippen LogP contribution in [0.25, 0.3) is 0 Å². The number of aliphatic hydroxyl groups excluding tert-OH is 1. The average Bonchev–Trinajstić information content (AvgIpc) is 2.29. The summed E-state index contributed by atoms with van der Waals surface area (Å²) in [6, 6.07) is 3.14. The lowest BCUT2D eigenvalue weighted by molar-refractivity contribution is 0.100. The molecule has 1 fully saturated rings. The second-order valence-electron chi connectivity index (χ2n) is 4.48. The molecule has 2 rings (SSSR count). The second kappa shape index (κ2) is 5.04. The molecule has 0 spiro atoms. The van der Waals surface area contributed by atoms with Crippen molar-refractivity contribution in [3.63, 3.8) is 0 Å². The molecule has 0 saturated carbocycles. The second-order valence-corrected chi connectivity index (χ2v) is 4.89. The molecule has 1 aliphatic rings. The molecule has 0 atom stereocenters. The van der Waals surface area contributed by atoms with Gasteiger partial charge in [0.25, 0.3) is 5.91 Å². The van der Waals surface area contributed by atoms with Crippen molar-refractivity contribution in [3.05, 3.63) is 22.7 Å².